The lowest BCUT2D eigenvalue weighted by Gasteiger charge is -2.31. The molecule has 0 aromatic carbocycles. The summed E-state index contributed by atoms with van der Waals surface area (Å²) in [6, 6.07) is 0. The van der Waals surface area contributed by atoms with Gasteiger partial charge in [0.15, 0.2) is 0 Å². The molecular formula is C12H22N2O3. The first-order chi connectivity index (χ1) is 8.12. The molecule has 0 aromatic heterocycles. The van der Waals surface area contributed by atoms with Crippen molar-refractivity contribution in [1.29, 1.82) is 0 Å². The van der Waals surface area contributed by atoms with Crippen molar-refractivity contribution in [2.45, 2.75) is 24.8 Å². The number of hydrogen-bond acceptors (Lipinski definition) is 4. The first-order valence-corrected chi connectivity index (χ1v) is 6.32. The van der Waals surface area contributed by atoms with E-state index < -0.39 is 5.54 Å². The number of carbonyl (C=O) groups is 1. The van der Waals surface area contributed by atoms with Gasteiger partial charge < -0.3 is 20.1 Å². The minimum absolute atomic E-state index is 0.0153. The van der Waals surface area contributed by atoms with E-state index in [0.29, 0.717) is 25.6 Å². The van der Waals surface area contributed by atoms with E-state index in [9.17, 15) is 4.79 Å². The molecule has 2 heterocycles. The van der Waals surface area contributed by atoms with Crippen LogP contribution in [0.5, 0.6) is 0 Å². The average molecular weight is 242 g/mol. The van der Waals surface area contributed by atoms with E-state index in [0.717, 1.165) is 32.6 Å². The second kappa shape index (κ2) is 5.33. The first kappa shape index (κ1) is 12.8. The zero-order chi connectivity index (χ0) is 12.3. The summed E-state index contributed by atoms with van der Waals surface area (Å²) in [6.45, 7) is 3.34. The molecule has 1 unspecified atom stereocenters. The Kier molecular flexibility index (Phi) is 4.01. The molecule has 2 N–H and O–H groups in total. The van der Waals surface area contributed by atoms with Gasteiger partial charge in [0.1, 0.15) is 5.54 Å². The molecule has 2 fully saturated rings. The predicted octanol–water partition coefficient (Wildman–Crippen LogP) is -0.0108. The van der Waals surface area contributed by atoms with Gasteiger partial charge in [-0.05, 0) is 25.2 Å². The highest BCUT2D eigenvalue weighted by molar-refractivity contribution is 5.86. The van der Waals surface area contributed by atoms with Gasteiger partial charge in [-0.3, -0.25) is 4.79 Å². The maximum Gasteiger partial charge on any atom is 0.244 e. The Balaban J connectivity index is 1.85. The van der Waals surface area contributed by atoms with Crippen molar-refractivity contribution in [3.05, 3.63) is 0 Å². The molecule has 2 aliphatic heterocycles. The van der Waals surface area contributed by atoms with Crippen molar-refractivity contribution in [1.82, 2.24) is 4.90 Å². The number of nitrogens with zero attached hydrogens (tertiary/aromatic N) is 1. The predicted molar refractivity (Wildman–Crippen MR) is 63.5 cm³/mol. The normalized spacial score (nSPS) is 30.5. The van der Waals surface area contributed by atoms with Crippen LogP contribution in [0.4, 0.5) is 0 Å². The fourth-order valence-electron chi connectivity index (χ4n) is 2.53. The molecule has 0 spiro atoms. The highest BCUT2D eigenvalue weighted by Crippen LogP contribution is 2.21. The molecule has 1 amide bonds. The van der Waals surface area contributed by atoms with Gasteiger partial charge in [0, 0.05) is 33.4 Å². The quantitative estimate of drug-likeness (QED) is 0.756. The number of ether oxygens (including phenoxy) is 2. The van der Waals surface area contributed by atoms with Crippen LogP contribution in [0.3, 0.4) is 0 Å². The maximum absolute atomic E-state index is 12.2. The molecule has 0 bridgehead atoms. The molecule has 2 rings (SSSR count). The largest absolute Gasteiger partial charge is 0.381 e. The van der Waals surface area contributed by atoms with E-state index >= 15 is 0 Å². The summed E-state index contributed by atoms with van der Waals surface area (Å²) in [7, 11) is 1.84. The lowest BCUT2D eigenvalue weighted by molar-refractivity contribution is -0.136. The lowest BCUT2D eigenvalue weighted by atomic mass is 9.96. The van der Waals surface area contributed by atoms with Crippen LogP contribution < -0.4 is 5.73 Å². The van der Waals surface area contributed by atoms with Crippen LogP contribution in [-0.4, -0.2) is 56.4 Å². The van der Waals surface area contributed by atoms with Crippen LogP contribution in [0, 0.1) is 5.92 Å². The summed E-state index contributed by atoms with van der Waals surface area (Å²) in [6.07, 6.45) is 2.70. The fourth-order valence-corrected chi connectivity index (χ4v) is 2.53. The molecule has 1 atom stereocenters. The molecule has 0 aromatic rings. The third-order valence-electron chi connectivity index (χ3n) is 3.70. The van der Waals surface area contributed by atoms with Gasteiger partial charge in [0.2, 0.25) is 5.91 Å². The number of nitrogens with two attached hydrogens (primary N) is 1. The van der Waals surface area contributed by atoms with E-state index in [1.54, 1.807) is 4.90 Å². The average Bonchev–Trinajstić information content (AvgIpc) is 2.78. The Labute approximate surface area is 102 Å². The molecule has 0 radical (unpaired) electrons. The molecule has 0 aliphatic carbocycles. The van der Waals surface area contributed by atoms with Gasteiger partial charge >= 0.3 is 0 Å². The minimum atomic E-state index is -0.792. The van der Waals surface area contributed by atoms with Gasteiger partial charge in [-0.25, -0.2) is 0 Å². The van der Waals surface area contributed by atoms with Crippen LogP contribution in [0.25, 0.3) is 0 Å². The summed E-state index contributed by atoms with van der Waals surface area (Å²) in [5, 5.41) is 0. The number of rotatable bonds is 3. The number of amides is 1. The van der Waals surface area contributed by atoms with E-state index in [1.165, 1.54) is 0 Å². The molecule has 0 saturated carbocycles. The minimum Gasteiger partial charge on any atom is -0.381 e. The van der Waals surface area contributed by atoms with Crippen molar-refractivity contribution in [2.24, 2.45) is 11.7 Å². The van der Waals surface area contributed by atoms with Crippen molar-refractivity contribution < 1.29 is 14.3 Å². The van der Waals surface area contributed by atoms with Crippen molar-refractivity contribution in [3.63, 3.8) is 0 Å². The number of hydrogen-bond donors (Lipinski definition) is 1. The Morgan fingerprint density at radius 2 is 2.06 bits per heavy atom. The summed E-state index contributed by atoms with van der Waals surface area (Å²) in [4.78, 5) is 14.0. The standard InChI is InChI=1S/C12H22N2O3/c1-14(8-10-2-5-16-6-3-10)11(15)12(13)4-7-17-9-12/h10H,2-9,13H2,1H3. The van der Waals surface area contributed by atoms with Crippen LogP contribution >= 0.6 is 0 Å². The SMILES string of the molecule is CN(CC1CCOCC1)C(=O)C1(N)CCOC1. The number of likely N-dealkylation sites (N-methyl/N-ethyl adjacent to an activating group) is 1. The fraction of sp³-hybridized carbons (Fsp3) is 0.917. The zero-order valence-corrected chi connectivity index (χ0v) is 10.5. The highest BCUT2D eigenvalue weighted by Gasteiger charge is 2.40. The third kappa shape index (κ3) is 2.97. The smallest absolute Gasteiger partial charge is 0.244 e. The van der Waals surface area contributed by atoms with E-state index in [-0.39, 0.29) is 5.91 Å². The summed E-state index contributed by atoms with van der Waals surface area (Å²) < 4.78 is 10.5. The number of carbonyl (C=O) groups excluding carboxylic acids is 1. The maximum atomic E-state index is 12.2. The van der Waals surface area contributed by atoms with Crippen LogP contribution in [0.1, 0.15) is 19.3 Å². The molecular weight excluding hydrogens is 220 g/mol. The zero-order valence-electron chi connectivity index (χ0n) is 10.5. The topological polar surface area (TPSA) is 64.8 Å². The molecule has 98 valence electrons. The molecule has 5 heteroatoms. The Bertz CT molecular complexity index is 271. The van der Waals surface area contributed by atoms with E-state index in [1.807, 2.05) is 7.05 Å². The van der Waals surface area contributed by atoms with Gasteiger partial charge in [-0.1, -0.05) is 0 Å². The molecule has 2 aliphatic rings. The Hall–Kier alpha value is -0.650. The van der Waals surface area contributed by atoms with Gasteiger partial charge in [-0.2, -0.15) is 0 Å². The van der Waals surface area contributed by atoms with Crippen LogP contribution in [0.15, 0.2) is 0 Å². The van der Waals surface area contributed by atoms with Crippen molar-refractivity contribution in [2.75, 3.05) is 40.0 Å². The van der Waals surface area contributed by atoms with Gasteiger partial charge in [0.05, 0.1) is 6.61 Å². The van der Waals surface area contributed by atoms with Gasteiger partial charge in [-0.15, -0.1) is 0 Å². The Morgan fingerprint density at radius 1 is 1.35 bits per heavy atom. The summed E-state index contributed by atoms with van der Waals surface area (Å²) >= 11 is 0. The summed E-state index contributed by atoms with van der Waals surface area (Å²) in [5.74, 6) is 0.560. The van der Waals surface area contributed by atoms with E-state index in [4.69, 9.17) is 15.2 Å². The first-order valence-electron chi connectivity index (χ1n) is 6.32. The summed E-state index contributed by atoms with van der Waals surface area (Å²) in [5.41, 5.74) is 5.28. The van der Waals surface area contributed by atoms with Crippen molar-refractivity contribution in [3.8, 4) is 0 Å². The van der Waals surface area contributed by atoms with E-state index in [2.05, 4.69) is 0 Å². The van der Waals surface area contributed by atoms with Crippen molar-refractivity contribution >= 4 is 5.91 Å². The molecule has 2 saturated heterocycles. The van der Waals surface area contributed by atoms with Crippen LogP contribution in [0.2, 0.25) is 0 Å². The third-order valence-corrected chi connectivity index (χ3v) is 3.70. The second-order valence-electron chi connectivity index (χ2n) is 5.20. The lowest BCUT2D eigenvalue weighted by Crippen LogP contribution is -2.55. The van der Waals surface area contributed by atoms with Crippen LogP contribution in [-0.2, 0) is 14.3 Å². The monoisotopic (exact) mass is 242 g/mol. The molecule has 5 nitrogen and oxygen atoms in total. The van der Waals surface area contributed by atoms with Gasteiger partial charge in [0.25, 0.3) is 0 Å². The Morgan fingerprint density at radius 3 is 2.65 bits per heavy atom. The highest BCUT2D eigenvalue weighted by atomic mass is 16.5. The second-order valence-corrected chi connectivity index (χ2v) is 5.20. The molecule has 17 heavy (non-hydrogen) atoms.